The van der Waals surface area contributed by atoms with Crippen molar-refractivity contribution in [3.63, 3.8) is 0 Å². The minimum absolute atomic E-state index is 0.0494. The Hall–Kier alpha value is -2.33. The molecule has 3 heterocycles. The van der Waals surface area contributed by atoms with Crippen LogP contribution in [0.25, 0.3) is 0 Å². The number of ether oxygens (including phenoxy) is 2. The maximum absolute atomic E-state index is 12.9. The molecule has 2 aromatic rings. The van der Waals surface area contributed by atoms with Gasteiger partial charge >= 0.3 is 6.18 Å². The van der Waals surface area contributed by atoms with E-state index in [1.165, 1.54) is 10.4 Å². The Morgan fingerprint density at radius 1 is 1.21 bits per heavy atom. The molecule has 0 radical (unpaired) electrons. The Morgan fingerprint density at radius 3 is 2.82 bits per heavy atom. The van der Waals surface area contributed by atoms with Crippen LogP contribution < -0.4 is 9.47 Å². The van der Waals surface area contributed by atoms with E-state index in [1.807, 2.05) is 0 Å². The van der Waals surface area contributed by atoms with Crippen LogP contribution in [0.1, 0.15) is 17.5 Å². The van der Waals surface area contributed by atoms with Crippen LogP contribution in [0.4, 0.5) is 13.2 Å². The van der Waals surface area contributed by atoms with Crippen LogP contribution in [0.5, 0.6) is 11.6 Å². The van der Waals surface area contributed by atoms with Gasteiger partial charge in [0.05, 0.1) is 23.6 Å². The smallest absolute Gasteiger partial charge is 0.416 e. The lowest BCUT2D eigenvalue weighted by Crippen LogP contribution is -2.31. The summed E-state index contributed by atoms with van der Waals surface area (Å²) in [5.74, 6) is 0.519. The Balaban J connectivity index is 1.47. The van der Waals surface area contributed by atoms with Crippen molar-refractivity contribution in [1.82, 2.24) is 9.29 Å². The van der Waals surface area contributed by atoms with Crippen LogP contribution in [-0.4, -0.2) is 43.5 Å². The molecule has 0 aliphatic carbocycles. The van der Waals surface area contributed by atoms with Gasteiger partial charge in [0, 0.05) is 25.2 Å². The predicted octanol–water partition coefficient (Wildman–Crippen LogP) is 2.88. The van der Waals surface area contributed by atoms with E-state index >= 15 is 0 Å². The first kappa shape index (κ1) is 19.0. The molecule has 10 heteroatoms. The van der Waals surface area contributed by atoms with Crippen LogP contribution >= 0.6 is 0 Å². The second-order valence-electron chi connectivity index (χ2n) is 6.64. The Morgan fingerprint density at radius 2 is 2.04 bits per heavy atom. The van der Waals surface area contributed by atoms with E-state index in [-0.39, 0.29) is 23.9 Å². The summed E-state index contributed by atoms with van der Waals surface area (Å²) in [6.45, 7) is 0.801. The molecule has 6 nitrogen and oxygen atoms in total. The molecule has 0 N–H and O–H groups in total. The standard InChI is InChI=1S/C18H17F3N2O4S/c19-18(20,21)13-3-6-22-17(10-13)27-14-4-7-23(11-14)28(24,25)15-1-2-16-12(9-15)5-8-26-16/h1-3,6,9-10,14H,4-5,7-8,11H2/t14-/m0/s1. The molecule has 2 aliphatic heterocycles. The summed E-state index contributed by atoms with van der Waals surface area (Å²) in [5.41, 5.74) is -0.0124. The molecule has 28 heavy (non-hydrogen) atoms. The molecular weight excluding hydrogens is 397 g/mol. The van der Waals surface area contributed by atoms with Gasteiger partial charge < -0.3 is 9.47 Å². The zero-order valence-corrected chi connectivity index (χ0v) is 15.5. The summed E-state index contributed by atoms with van der Waals surface area (Å²) in [7, 11) is -3.72. The number of hydrogen-bond acceptors (Lipinski definition) is 5. The van der Waals surface area contributed by atoms with Gasteiger partial charge in [-0.25, -0.2) is 13.4 Å². The van der Waals surface area contributed by atoms with E-state index in [4.69, 9.17) is 9.47 Å². The van der Waals surface area contributed by atoms with Gasteiger partial charge in [0.15, 0.2) is 0 Å². The number of halogens is 3. The van der Waals surface area contributed by atoms with Crippen molar-refractivity contribution in [3.05, 3.63) is 47.7 Å². The summed E-state index contributed by atoms with van der Waals surface area (Å²) in [6, 6.07) is 6.43. The van der Waals surface area contributed by atoms with Crippen molar-refractivity contribution < 1.29 is 31.1 Å². The van der Waals surface area contributed by atoms with E-state index in [2.05, 4.69) is 4.98 Å². The fourth-order valence-corrected chi connectivity index (χ4v) is 4.84. The van der Waals surface area contributed by atoms with Gasteiger partial charge in [0.2, 0.25) is 15.9 Å². The minimum Gasteiger partial charge on any atom is -0.493 e. The van der Waals surface area contributed by atoms with Crippen molar-refractivity contribution in [1.29, 1.82) is 0 Å². The number of aromatic nitrogens is 1. The summed E-state index contributed by atoms with van der Waals surface area (Å²) in [5, 5.41) is 0. The lowest BCUT2D eigenvalue weighted by Gasteiger charge is -2.18. The van der Waals surface area contributed by atoms with Gasteiger partial charge in [-0.1, -0.05) is 0 Å². The number of sulfonamides is 1. The first-order valence-electron chi connectivity index (χ1n) is 8.69. The summed E-state index contributed by atoms with van der Waals surface area (Å²) < 4.78 is 76.4. The highest BCUT2D eigenvalue weighted by Gasteiger charge is 2.35. The minimum atomic E-state index is -4.50. The lowest BCUT2D eigenvalue weighted by atomic mass is 10.2. The summed E-state index contributed by atoms with van der Waals surface area (Å²) >= 11 is 0. The Kier molecular flexibility index (Phi) is 4.70. The highest BCUT2D eigenvalue weighted by Crippen LogP contribution is 2.32. The largest absolute Gasteiger partial charge is 0.493 e. The first-order chi connectivity index (χ1) is 13.2. The molecule has 1 fully saturated rings. The third-order valence-electron chi connectivity index (χ3n) is 4.76. The molecule has 0 saturated carbocycles. The van der Waals surface area contributed by atoms with Crippen LogP contribution in [0.3, 0.4) is 0 Å². The van der Waals surface area contributed by atoms with Crippen LogP contribution in [-0.2, 0) is 22.6 Å². The molecule has 150 valence electrons. The number of nitrogens with zero attached hydrogens (tertiary/aromatic N) is 2. The average molecular weight is 414 g/mol. The monoisotopic (exact) mass is 414 g/mol. The zero-order chi connectivity index (χ0) is 19.9. The molecular formula is C18H17F3N2O4S. The normalized spacial score (nSPS) is 20.0. The summed E-state index contributed by atoms with van der Waals surface area (Å²) in [6.07, 6.45) is -3.02. The molecule has 0 spiro atoms. The van der Waals surface area contributed by atoms with E-state index in [1.54, 1.807) is 12.1 Å². The summed E-state index contributed by atoms with van der Waals surface area (Å²) in [4.78, 5) is 3.97. The number of fused-ring (bicyclic) bond motifs is 1. The number of rotatable bonds is 4. The predicted molar refractivity (Wildman–Crippen MR) is 92.7 cm³/mol. The lowest BCUT2D eigenvalue weighted by molar-refractivity contribution is -0.137. The average Bonchev–Trinajstić information content (AvgIpc) is 3.30. The van der Waals surface area contributed by atoms with E-state index in [0.717, 1.165) is 23.9 Å². The quantitative estimate of drug-likeness (QED) is 0.770. The van der Waals surface area contributed by atoms with Crippen LogP contribution in [0.2, 0.25) is 0 Å². The third-order valence-corrected chi connectivity index (χ3v) is 6.62. The van der Waals surface area contributed by atoms with Crippen molar-refractivity contribution in [2.24, 2.45) is 0 Å². The molecule has 0 bridgehead atoms. The fraction of sp³-hybridized carbons (Fsp3) is 0.389. The number of hydrogen-bond donors (Lipinski definition) is 0. The van der Waals surface area contributed by atoms with Crippen molar-refractivity contribution in [3.8, 4) is 11.6 Å². The molecule has 4 rings (SSSR count). The van der Waals surface area contributed by atoms with Crippen LogP contribution in [0, 0.1) is 0 Å². The van der Waals surface area contributed by atoms with Gasteiger partial charge in [0.1, 0.15) is 11.9 Å². The first-order valence-corrected chi connectivity index (χ1v) is 10.1. The van der Waals surface area contributed by atoms with E-state index < -0.39 is 27.9 Å². The Bertz CT molecular complexity index is 995. The second-order valence-corrected chi connectivity index (χ2v) is 8.58. The number of pyridine rings is 1. The molecule has 1 saturated heterocycles. The van der Waals surface area contributed by atoms with E-state index in [9.17, 15) is 21.6 Å². The SMILES string of the molecule is O=S(=O)(c1ccc2c(c1)CCO2)N1CC[C@H](Oc2cc(C(F)(F)F)ccn2)C1. The molecule has 0 unspecified atom stereocenters. The van der Waals surface area contributed by atoms with Gasteiger partial charge in [-0.2, -0.15) is 17.5 Å². The maximum atomic E-state index is 12.9. The van der Waals surface area contributed by atoms with E-state index in [0.29, 0.717) is 25.2 Å². The van der Waals surface area contributed by atoms with Crippen molar-refractivity contribution in [2.45, 2.75) is 30.0 Å². The second kappa shape index (κ2) is 6.93. The van der Waals surface area contributed by atoms with Gasteiger partial charge in [-0.3, -0.25) is 0 Å². The van der Waals surface area contributed by atoms with Crippen LogP contribution in [0.15, 0.2) is 41.4 Å². The molecule has 1 aromatic carbocycles. The molecule has 2 aliphatic rings. The van der Waals surface area contributed by atoms with Gasteiger partial charge in [0.25, 0.3) is 0 Å². The third kappa shape index (κ3) is 3.66. The highest BCUT2D eigenvalue weighted by molar-refractivity contribution is 7.89. The van der Waals surface area contributed by atoms with Gasteiger partial charge in [-0.15, -0.1) is 0 Å². The van der Waals surface area contributed by atoms with Crippen molar-refractivity contribution >= 4 is 10.0 Å². The van der Waals surface area contributed by atoms with Crippen molar-refractivity contribution in [2.75, 3.05) is 19.7 Å². The number of alkyl halides is 3. The molecule has 1 atom stereocenters. The maximum Gasteiger partial charge on any atom is 0.416 e. The molecule has 0 amide bonds. The highest BCUT2D eigenvalue weighted by atomic mass is 32.2. The van der Waals surface area contributed by atoms with Gasteiger partial charge in [-0.05, 0) is 36.2 Å². The number of benzene rings is 1. The topological polar surface area (TPSA) is 68.7 Å². The fourth-order valence-electron chi connectivity index (χ4n) is 3.31. The zero-order valence-electron chi connectivity index (χ0n) is 14.6. The molecule has 1 aromatic heterocycles. The Labute approximate surface area is 159 Å².